The molecule has 0 bridgehead atoms. The molecule has 3 atom stereocenters. The van der Waals surface area contributed by atoms with Crippen LogP contribution in [0.15, 0.2) is 60.7 Å². The predicted molar refractivity (Wildman–Crippen MR) is 130 cm³/mol. The van der Waals surface area contributed by atoms with E-state index in [4.69, 9.17) is 0 Å². The number of likely N-dealkylation sites (tertiary alicyclic amines) is 1. The number of anilines is 1. The van der Waals surface area contributed by atoms with E-state index in [-0.39, 0.29) is 36.6 Å². The van der Waals surface area contributed by atoms with Crippen LogP contribution in [0.1, 0.15) is 37.8 Å². The van der Waals surface area contributed by atoms with Crippen molar-refractivity contribution < 1.29 is 19.2 Å². The average Bonchev–Trinajstić information content (AvgIpc) is 3.35. The average molecular weight is 460 g/mol. The molecule has 0 aliphatic carbocycles. The number of nitrogens with zero attached hydrogens (tertiary/aromatic N) is 1. The van der Waals surface area contributed by atoms with Gasteiger partial charge in [-0.2, -0.15) is 0 Å². The van der Waals surface area contributed by atoms with Crippen molar-refractivity contribution in [3.63, 3.8) is 0 Å². The zero-order valence-corrected chi connectivity index (χ0v) is 19.4. The SMILES string of the molecule is CC(C)C[C@H](NC(=O)C=Cc1ccccc1)C(=O)N1C[C@]2(C[C@H]1C=O)C(=O)Nc1ccccc12. The molecule has 2 N–H and O–H groups in total. The van der Waals surface area contributed by atoms with Crippen LogP contribution in [-0.4, -0.2) is 47.5 Å². The van der Waals surface area contributed by atoms with Crippen molar-refractivity contribution in [2.75, 3.05) is 11.9 Å². The van der Waals surface area contributed by atoms with Crippen LogP contribution in [-0.2, 0) is 24.6 Å². The number of carbonyl (C=O) groups is 4. The summed E-state index contributed by atoms with van der Waals surface area (Å²) >= 11 is 0. The van der Waals surface area contributed by atoms with E-state index in [1.54, 1.807) is 6.08 Å². The van der Waals surface area contributed by atoms with Gasteiger partial charge in [-0.05, 0) is 42.0 Å². The van der Waals surface area contributed by atoms with Crippen molar-refractivity contribution in [3.05, 3.63) is 71.8 Å². The van der Waals surface area contributed by atoms with E-state index in [2.05, 4.69) is 10.6 Å². The van der Waals surface area contributed by atoms with Gasteiger partial charge in [0.25, 0.3) is 0 Å². The number of rotatable bonds is 7. The maximum absolute atomic E-state index is 13.6. The number of nitrogens with one attached hydrogen (secondary N) is 2. The maximum atomic E-state index is 13.6. The van der Waals surface area contributed by atoms with E-state index in [0.717, 1.165) is 17.4 Å². The molecule has 4 rings (SSSR count). The Hall–Kier alpha value is -3.74. The third kappa shape index (κ3) is 4.51. The van der Waals surface area contributed by atoms with E-state index in [9.17, 15) is 19.2 Å². The van der Waals surface area contributed by atoms with Crippen molar-refractivity contribution in [2.45, 2.75) is 44.2 Å². The highest BCUT2D eigenvalue weighted by Crippen LogP contribution is 2.46. The van der Waals surface area contributed by atoms with Crippen molar-refractivity contribution in [3.8, 4) is 0 Å². The van der Waals surface area contributed by atoms with E-state index in [0.29, 0.717) is 12.1 Å². The van der Waals surface area contributed by atoms with Crippen LogP contribution in [0.2, 0.25) is 0 Å². The monoisotopic (exact) mass is 459 g/mol. The smallest absolute Gasteiger partial charge is 0.245 e. The van der Waals surface area contributed by atoms with Gasteiger partial charge in [-0.25, -0.2) is 0 Å². The number of benzene rings is 2. The van der Waals surface area contributed by atoms with E-state index >= 15 is 0 Å². The van der Waals surface area contributed by atoms with Gasteiger partial charge >= 0.3 is 0 Å². The molecule has 1 fully saturated rings. The second-order valence-corrected chi connectivity index (χ2v) is 9.39. The molecule has 2 aliphatic heterocycles. The zero-order valence-electron chi connectivity index (χ0n) is 19.4. The lowest BCUT2D eigenvalue weighted by Crippen LogP contribution is -2.51. The van der Waals surface area contributed by atoms with Gasteiger partial charge in [0.2, 0.25) is 17.7 Å². The molecule has 3 amide bonds. The fraction of sp³-hybridized carbons (Fsp3) is 0.333. The predicted octanol–water partition coefficient (Wildman–Crippen LogP) is 2.92. The number of amides is 3. The Labute approximate surface area is 199 Å². The molecule has 1 saturated heterocycles. The Morgan fingerprint density at radius 2 is 1.85 bits per heavy atom. The van der Waals surface area contributed by atoms with Gasteiger partial charge in [-0.15, -0.1) is 0 Å². The Morgan fingerprint density at radius 1 is 1.15 bits per heavy atom. The summed E-state index contributed by atoms with van der Waals surface area (Å²) in [5.74, 6) is -0.801. The van der Waals surface area contributed by atoms with Crippen LogP contribution in [0.3, 0.4) is 0 Å². The molecular formula is C27H29N3O4. The summed E-state index contributed by atoms with van der Waals surface area (Å²) in [6, 6.07) is 15.2. The summed E-state index contributed by atoms with van der Waals surface area (Å²) < 4.78 is 0. The minimum absolute atomic E-state index is 0.0996. The Kier molecular flexibility index (Phi) is 6.63. The summed E-state index contributed by atoms with van der Waals surface area (Å²) in [6.45, 7) is 4.04. The third-order valence-electron chi connectivity index (χ3n) is 6.51. The number of hydrogen-bond acceptors (Lipinski definition) is 4. The Bertz CT molecular complexity index is 1130. The standard InChI is InChI=1S/C27H29N3O4/c1-18(2)14-23(28-24(32)13-12-19-8-4-3-5-9-19)25(33)30-17-27(15-20(30)16-31)21-10-6-7-11-22(21)29-26(27)34/h3-13,16,18,20,23H,14-15,17H2,1-2H3,(H,28,32)(H,29,34)/t20-,23-,27-/m0/s1. The minimum Gasteiger partial charge on any atom is -0.341 e. The minimum atomic E-state index is -0.961. The fourth-order valence-electron chi connectivity index (χ4n) is 4.89. The van der Waals surface area contributed by atoms with Gasteiger partial charge < -0.3 is 20.3 Å². The molecule has 7 heteroatoms. The van der Waals surface area contributed by atoms with E-state index in [1.807, 2.05) is 68.4 Å². The number of para-hydroxylation sites is 1. The molecule has 176 valence electrons. The van der Waals surface area contributed by atoms with Crippen LogP contribution in [0.4, 0.5) is 5.69 Å². The highest BCUT2D eigenvalue weighted by molar-refractivity contribution is 6.08. The molecular weight excluding hydrogens is 430 g/mol. The molecule has 0 saturated carbocycles. The van der Waals surface area contributed by atoms with Crippen LogP contribution in [0, 0.1) is 5.92 Å². The number of carbonyl (C=O) groups excluding carboxylic acids is 4. The Morgan fingerprint density at radius 3 is 2.56 bits per heavy atom. The van der Waals surface area contributed by atoms with Crippen molar-refractivity contribution in [2.24, 2.45) is 5.92 Å². The second kappa shape index (κ2) is 9.63. The first kappa shape index (κ1) is 23.4. The topological polar surface area (TPSA) is 95.6 Å². The normalized spacial score (nSPS) is 22.1. The van der Waals surface area contributed by atoms with E-state index in [1.165, 1.54) is 11.0 Å². The second-order valence-electron chi connectivity index (χ2n) is 9.39. The lowest BCUT2D eigenvalue weighted by Gasteiger charge is -2.28. The summed E-state index contributed by atoms with van der Waals surface area (Å²) in [4.78, 5) is 52.7. The van der Waals surface area contributed by atoms with Crippen LogP contribution in [0.5, 0.6) is 0 Å². The maximum Gasteiger partial charge on any atom is 0.245 e. The van der Waals surface area contributed by atoms with Crippen molar-refractivity contribution in [1.82, 2.24) is 10.2 Å². The summed E-state index contributed by atoms with van der Waals surface area (Å²) in [5.41, 5.74) is 1.43. The lowest BCUT2D eigenvalue weighted by atomic mass is 9.80. The first-order valence-corrected chi connectivity index (χ1v) is 11.5. The molecule has 2 heterocycles. The number of fused-ring (bicyclic) bond motifs is 2. The molecule has 2 aromatic rings. The molecule has 0 unspecified atom stereocenters. The largest absolute Gasteiger partial charge is 0.341 e. The van der Waals surface area contributed by atoms with Crippen LogP contribution >= 0.6 is 0 Å². The molecule has 7 nitrogen and oxygen atoms in total. The van der Waals surface area contributed by atoms with Crippen molar-refractivity contribution in [1.29, 1.82) is 0 Å². The van der Waals surface area contributed by atoms with Gasteiger partial charge in [0.1, 0.15) is 12.3 Å². The van der Waals surface area contributed by atoms with Gasteiger partial charge in [0, 0.05) is 18.3 Å². The van der Waals surface area contributed by atoms with Gasteiger partial charge in [-0.1, -0.05) is 62.4 Å². The zero-order chi connectivity index (χ0) is 24.3. The highest BCUT2D eigenvalue weighted by Gasteiger charge is 2.56. The van der Waals surface area contributed by atoms with Crippen molar-refractivity contribution >= 4 is 35.8 Å². The van der Waals surface area contributed by atoms with Crippen LogP contribution in [0.25, 0.3) is 6.08 Å². The number of hydrogen-bond donors (Lipinski definition) is 2. The summed E-state index contributed by atoms with van der Waals surface area (Å²) in [7, 11) is 0. The first-order chi connectivity index (χ1) is 16.3. The number of aldehydes is 1. The Balaban J connectivity index is 1.55. The molecule has 1 spiro atoms. The third-order valence-corrected chi connectivity index (χ3v) is 6.51. The summed E-state index contributed by atoms with van der Waals surface area (Å²) in [6.07, 6.45) is 4.46. The highest BCUT2D eigenvalue weighted by atomic mass is 16.2. The van der Waals surface area contributed by atoms with Gasteiger partial charge in [0.05, 0.1) is 11.5 Å². The summed E-state index contributed by atoms with van der Waals surface area (Å²) in [5, 5.41) is 5.70. The fourth-order valence-corrected chi connectivity index (χ4v) is 4.89. The molecule has 0 aromatic heterocycles. The first-order valence-electron chi connectivity index (χ1n) is 11.5. The molecule has 0 radical (unpaired) electrons. The van der Waals surface area contributed by atoms with Gasteiger partial charge in [-0.3, -0.25) is 14.4 Å². The molecule has 34 heavy (non-hydrogen) atoms. The van der Waals surface area contributed by atoms with E-state index < -0.39 is 17.5 Å². The lowest BCUT2D eigenvalue weighted by molar-refractivity contribution is -0.138. The molecule has 2 aliphatic rings. The van der Waals surface area contributed by atoms with Gasteiger partial charge in [0.15, 0.2) is 0 Å². The van der Waals surface area contributed by atoms with Crippen LogP contribution < -0.4 is 10.6 Å². The quantitative estimate of drug-likeness (QED) is 0.492. The molecule has 2 aromatic carbocycles.